The first kappa shape index (κ1) is 25.2. The number of nitrogens with one attached hydrogen (secondary N) is 1. The second-order valence-electron chi connectivity index (χ2n) is 9.25. The molecule has 3 atom stereocenters. The van der Waals surface area contributed by atoms with Crippen LogP contribution in [0.4, 0.5) is 4.79 Å². The molecule has 0 spiro atoms. The molecule has 2 heterocycles. The average molecular weight is 475 g/mol. The maximum absolute atomic E-state index is 13.0. The van der Waals surface area contributed by atoms with Crippen molar-refractivity contribution in [1.82, 2.24) is 10.2 Å². The molecule has 0 radical (unpaired) electrons. The molecule has 1 aromatic carbocycles. The number of fused-ring (bicyclic) bond motifs is 1. The lowest BCUT2D eigenvalue weighted by atomic mass is 9.82. The molecule has 0 aromatic heterocycles. The molecule has 2 amide bonds. The van der Waals surface area contributed by atoms with Crippen molar-refractivity contribution in [2.24, 2.45) is 11.3 Å². The molecule has 1 aromatic rings. The van der Waals surface area contributed by atoms with Crippen molar-refractivity contribution in [3.8, 4) is 5.75 Å². The van der Waals surface area contributed by atoms with Crippen LogP contribution in [0.2, 0.25) is 0 Å². The molecular weight excluding hydrogens is 444 g/mol. The van der Waals surface area contributed by atoms with Crippen molar-refractivity contribution in [3.05, 3.63) is 35.5 Å². The quantitative estimate of drug-likeness (QED) is 0.349. The van der Waals surface area contributed by atoms with E-state index in [1.807, 2.05) is 0 Å². The van der Waals surface area contributed by atoms with Gasteiger partial charge in [0.25, 0.3) is 0 Å². The van der Waals surface area contributed by atoms with E-state index in [0.717, 1.165) is 0 Å². The molecule has 10 heteroatoms. The minimum Gasteiger partial charge on any atom is -0.427 e. The minimum atomic E-state index is -0.884. The van der Waals surface area contributed by atoms with Gasteiger partial charge in [-0.15, -0.1) is 0 Å². The number of rotatable bonds is 7. The van der Waals surface area contributed by atoms with E-state index in [4.69, 9.17) is 14.2 Å². The van der Waals surface area contributed by atoms with Crippen LogP contribution in [0.1, 0.15) is 46.6 Å². The standard InChI is InChI=1S/C24H30N2O8/c1-6-25-23(31)34-15-9-7-8-14(10-15)16-11-17-18(13(2)27)20(28)26(17)19(16)21(29)32-12-33-22(30)24(3,4)5/h7-10,13,17-18,27H,6,11-12H2,1-5H3,(H,25,31)/t13-,17-,18-/m1/s1. The smallest absolute Gasteiger partial charge is 0.412 e. The maximum atomic E-state index is 13.0. The molecule has 0 bridgehead atoms. The molecule has 1 saturated heterocycles. The molecule has 0 saturated carbocycles. The summed E-state index contributed by atoms with van der Waals surface area (Å²) in [5, 5.41) is 12.6. The van der Waals surface area contributed by atoms with Gasteiger partial charge in [0, 0.05) is 6.54 Å². The van der Waals surface area contributed by atoms with Crippen LogP contribution in [0.15, 0.2) is 30.0 Å². The Morgan fingerprint density at radius 2 is 1.94 bits per heavy atom. The largest absolute Gasteiger partial charge is 0.427 e. The number of carbonyl (C=O) groups is 4. The highest BCUT2D eigenvalue weighted by atomic mass is 16.7. The van der Waals surface area contributed by atoms with Gasteiger partial charge in [-0.05, 0) is 64.3 Å². The zero-order chi connectivity index (χ0) is 25.2. The molecule has 2 aliphatic rings. The van der Waals surface area contributed by atoms with Crippen molar-refractivity contribution < 1.29 is 38.5 Å². The van der Waals surface area contributed by atoms with Gasteiger partial charge < -0.3 is 29.5 Å². The number of β-lactam (4-membered cyclic amide) rings is 1. The third-order valence-electron chi connectivity index (χ3n) is 5.63. The molecule has 0 aliphatic carbocycles. The Balaban J connectivity index is 1.87. The molecular formula is C24H30N2O8. The number of esters is 2. The number of hydrogen-bond donors (Lipinski definition) is 2. The first-order valence-electron chi connectivity index (χ1n) is 11.1. The zero-order valence-electron chi connectivity index (χ0n) is 19.9. The first-order valence-corrected chi connectivity index (χ1v) is 11.1. The Morgan fingerprint density at radius 1 is 1.24 bits per heavy atom. The van der Waals surface area contributed by atoms with E-state index in [0.29, 0.717) is 24.1 Å². The topological polar surface area (TPSA) is 131 Å². The second-order valence-corrected chi connectivity index (χ2v) is 9.25. The number of nitrogens with zero attached hydrogens (tertiary/aromatic N) is 1. The van der Waals surface area contributed by atoms with E-state index in [1.165, 1.54) is 11.8 Å². The van der Waals surface area contributed by atoms with E-state index >= 15 is 0 Å². The summed E-state index contributed by atoms with van der Waals surface area (Å²) in [7, 11) is 0. The van der Waals surface area contributed by atoms with Crippen molar-refractivity contribution in [1.29, 1.82) is 0 Å². The molecule has 34 heavy (non-hydrogen) atoms. The molecule has 3 rings (SSSR count). The van der Waals surface area contributed by atoms with Crippen LogP contribution >= 0.6 is 0 Å². The van der Waals surface area contributed by atoms with Crippen molar-refractivity contribution in [2.75, 3.05) is 13.3 Å². The van der Waals surface area contributed by atoms with Gasteiger partial charge in [-0.2, -0.15) is 0 Å². The number of carbonyl (C=O) groups excluding carboxylic acids is 4. The summed E-state index contributed by atoms with van der Waals surface area (Å²) < 4.78 is 15.4. The fourth-order valence-electron chi connectivity index (χ4n) is 3.97. The fraction of sp³-hybridized carbons (Fsp3) is 0.500. The monoisotopic (exact) mass is 474 g/mol. The molecule has 10 nitrogen and oxygen atoms in total. The second kappa shape index (κ2) is 9.84. The summed E-state index contributed by atoms with van der Waals surface area (Å²) in [5.41, 5.74) is 0.327. The number of amides is 2. The third kappa shape index (κ3) is 5.06. The van der Waals surface area contributed by atoms with Gasteiger partial charge in [0.05, 0.1) is 23.5 Å². The third-order valence-corrected chi connectivity index (χ3v) is 5.63. The lowest BCUT2D eigenvalue weighted by molar-refractivity contribution is -0.175. The highest BCUT2D eigenvalue weighted by molar-refractivity contribution is 6.06. The Bertz CT molecular complexity index is 1020. The molecule has 1 fully saturated rings. The van der Waals surface area contributed by atoms with Crippen LogP contribution in [-0.4, -0.2) is 59.4 Å². The SMILES string of the molecule is CCNC(=O)Oc1cccc(C2=C(C(=O)OCOC(=O)C(C)(C)C)N3C(=O)[C@H]([C@@H](C)O)[C@H]3C2)c1. The van der Waals surface area contributed by atoms with E-state index < -0.39 is 48.3 Å². The lowest BCUT2D eigenvalue weighted by Crippen LogP contribution is -2.61. The lowest BCUT2D eigenvalue weighted by Gasteiger charge is -2.44. The predicted molar refractivity (Wildman–Crippen MR) is 120 cm³/mol. The Kier molecular flexibility index (Phi) is 7.30. The summed E-state index contributed by atoms with van der Waals surface area (Å²) in [4.78, 5) is 50.8. The fourth-order valence-corrected chi connectivity index (χ4v) is 3.97. The highest BCUT2D eigenvalue weighted by Gasteiger charge is 2.57. The van der Waals surface area contributed by atoms with E-state index in [2.05, 4.69) is 5.32 Å². The summed E-state index contributed by atoms with van der Waals surface area (Å²) >= 11 is 0. The summed E-state index contributed by atoms with van der Waals surface area (Å²) in [5.74, 6) is -2.14. The van der Waals surface area contributed by atoms with Crippen LogP contribution in [0.5, 0.6) is 5.75 Å². The number of benzene rings is 1. The normalized spacial score (nSPS) is 20.3. The summed E-state index contributed by atoms with van der Waals surface area (Å²) in [6.07, 6.45) is -1.20. The molecule has 184 valence electrons. The van der Waals surface area contributed by atoms with Gasteiger partial charge in [0.1, 0.15) is 11.4 Å². The highest BCUT2D eigenvalue weighted by Crippen LogP contribution is 2.47. The number of ether oxygens (including phenoxy) is 3. The van der Waals surface area contributed by atoms with Crippen LogP contribution in [0.25, 0.3) is 5.57 Å². The van der Waals surface area contributed by atoms with Crippen LogP contribution in [0.3, 0.4) is 0 Å². The predicted octanol–water partition coefficient (Wildman–Crippen LogP) is 2.21. The van der Waals surface area contributed by atoms with Crippen molar-refractivity contribution >= 4 is 29.5 Å². The zero-order valence-corrected chi connectivity index (χ0v) is 19.9. The number of aliphatic hydroxyl groups is 1. The van der Waals surface area contributed by atoms with Crippen molar-refractivity contribution in [2.45, 2.75) is 53.2 Å². The summed E-state index contributed by atoms with van der Waals surface area (Å²) in [6, 6.07) is 6.16. The maximum Gasteiger partial charge on any atom is 0.412 e. The molecule has 0 unspecified atom stereocenters. The molecule has 2 N–H and O–H groups in total. The van der Waals surface area contributed by atoms with Gasteiger partial charge in [-0.25, -0.2) is 9.59 Å². The van der Waals surface area contributed by atoms with Gasteiger partial charge in [0.15, 0.2) is 0 Å². The number of aliphatic hydroxyl groups excluding tert-OH is 1. The van der Waals surface area contributed by atoms with Crippen LogP contribution in [0, 0.1) is 11.3 Å². The van der Waals surface area contributed by atoms with Crippen LogP contribution < -0.4 is 10.1 Å². The minimum absolute atomic E-state index is 0.0221. The average Bonchev–Trinajstić information content (AvgIpc) is 3.08. The first-order chi connectivity index (χ1) is 16.0. The van der Waals surface area contributed by atoms with Crippen LogP contribution in [-0.2, 0) is 23.9 Å². The Hall–Kier alpha value is -3.40. The van der Waals surface area contributed by atoms with E-state index in [1.54, 1.807) is 52.0 Å². The van der Waals surface area contributed by atoms with Crippen molar-refractivity contribution in [3.63, 3.8) is 0 Å². The Morgan fingerprint density at radius 3 is 2.56 bits per heavy atom. The Labute approximate surface area is 197 Å². The molecule has 2 aliphatic heterocycles. The van der Waals surface area contributed by atoms with Gasteiger partial charge in [-0.1, -0.05) is 12.1 Å². The summed E-state index contributed by atoms with van der Waals surface area (Å²) in [6.45, 7) is 8.11. The van der Waals surface area contributed by atoms with Gasteiger partial charge >= 0.3 is 18.0 Å². The van der Waals surface area contributed by atoms with Gasteiger partial charge in [-0.3, -0.25) is 9.59 Å². The number of hydrogen-bond acceptors (Lipinski definition) is 8. The van der Waals surface area contributed by atoms with E-state index in [9.17, 15) is 24.3 Å². The van der Waals surface area contributed by atoms with Gasteiger partial charge in [0.2, 0.25) is 12.7 Å². The van der Waals surface area contributed by atoms with E-state index in [-0.39, 0.29) is 17.4 Å².